The minimum atomic E-state index is -0.596. The van der Waals surface area contributed by atoms with Gasteiger partial charge in [0.2, 0.25) is 0 Å². The molecular formula is C21H28F2N4O. The highest BCUT2D eigenvalue weighted by atomic mass is 19.1. The number of benzene rings is 1. The molecule has 0 amide bonds. The Bertz CT molecular complexity index is 788. The minimum Gasteiger partial charge on any atom is -0.370 e. The molecule has 0 saturated carbocycles. The average Bonchev–Trinajstić information content (AvgIpc) is 3.23. The second kappa shape index (κ2) is 7.04. The fourth-order valence-electron chi connectivity index (χ4n) is 5.48. The second-order valence-corrected chi connectivity index (χ2v) is 8.79. The normalized spacial score (nSPS) is 38.3. The van der Waals surface area contributed by atoms with Crippen LogP contribution < -0.4 is 5.73 Å². The molecule has 4 aliphatic heterocycles. The first kappa shape index (κ1) is 18.5. The van der Waals surface area contributed by atoms with Crippen LogP contribution >= 0.6 is 0 Å². The predicted octanol–water partition coefficient (Wildman–Crippen LogP) is 2.32. The number of nitrogens with zero attached hydrogens (tertiary/aromatic N) is 3. The molecule has 152 valence electrons. The Balaban J connectivity index is 1.26. The largest absolute Gasteiger partial charge is 0.370 e. The highest BCUT2D eigenvalue weighted by molar-refractivity contribution is 5.87. The molecule has 4 aliphatic rings. The van der Waals surface area contributed by atoms with Crippen LogP contribution in [0.2, 0.25) is 0 Å². The molecule has 1 aromatic rings. The molecule has 5 unspecified atom stereocenters. The van der Waals surface area contributed by atoms with Crippen molar-refractivity contribution >= 4 is 5.84 Å². The molecular weight excluding hydrogens is 362 g/mol. The van der Waals surface area contributed by atoms with E-state index in [2.05, 4.69) is 16.7 Å². The summed E-state index contributed by atoms with van der Waals surface area (Å²) in [6.45, 7) is 5.78. The first-order valence-corrected chi connectivity index (χ1v) is 10.4. The monoisotopic (exact) mass is 390 g/mol. The smallest absolute Gasteiger partial charge is 0.129 e. The van der Waals surface area contributed by atoms with Crippen LogP contribution in [0.15, 0.2) is 23.2 Å². The Morgan fingerprint density at radius 3 is 2.93 bits per heavy atom. The number of fused-ring (bicyclic) bond motifs is 3. The van der Waals surface area contributed by atoms with Crippen molar-refractivity contribution in [2.75, 3.05) is 26.2 Å². The van der Waals surface area contributed by atoms with E-state index in [4.69, 9.17) is 15.5 Å². The van der Waals surface area contributed by atoms with E-state index in [1.54, 1.807) is 0 Å². The van der Waals surface area contributed by atoms with Crippen LogP contribution in [-0.2, 0) is 4.74 Å². The summed E-state index contributed by atoms with van der Waals surface area (Å²) in [4.78, 5) is 10.00. The van der Waals surface area contributed by atoms with Gasteiger partial charge in [0, 0.05) is 43.2 Å². The third-order valence-corrected chi connectivity index (χ3v) is 6.94. The van der Waals surface area contributed by atoms with E-state index in [0.29, 0.717) is 31.0 Å². The first-order chi connectivity index (χ1) is 13.5. The summed E-state index contributed by atoms with van der Waals surface area (Å²) in [6.07, 6.45) is 2.60. The van der Waals surface area contributed by atoms with Crippen LogP contribution in [0, 0.1) is 17.6 Å². The lowest BCUT2D eigenvalue weighted by Gasteiger charge is -2.40. The van der Waals surface area contributed by atoms with E-state index in [9.17, 15) is 8.78 Å². The van der Waals surface area contributed by atoms with Crippen LogP contribution in [0.5, 0.6) is 0 Å². The van der Waals surface area contributed by atoms with Crippen molar-refractivity contribution in [3.63, 3.8) is 0 Å². The second-order valence-electron chi connectivity index (χ2n) is 8.79. The molecule has 3 fully saturated rings. The zero-order chi connectivity index (χ0) is 19.4. The lowest BCUT2D eigenvalue weighted by Crippen LogP contribution is -2.50. The molecule has 4 heterocycles. The molecule has 0 bridgehead atoms. The van der Waals surface area contributed by atoms with E-state index in [0.717, 1.165) is 31.8 Å². The highest BCUT2D eigenvalue weighted by Gasteiger charge is 2.47. The van der Waals surface area contributed by atoms with Gasteiger partial charge in [-0.05, 0) is 37.5 Å². The van der Waals surface area contributed by atoms with E-state index >= 15 is 0 Å². The molecule has 2 N–H and O–H groups in total. The summed E-state index contributed by atoms with van der Waals surface area (Å²) in [6, 6.07) is 4.11. The van der Waals surface area contributed by atoms with Gasteiger partial charge in [-0.25, -0.2) is 8.78 Å². The van der Waals surface area contributed by atoms with Gasteiger partial charge in [-0.3, -0.25) is 9.89 Å². The van der Waals surface area contributed by atoms with E-state index in [1.165, 1.54) is 24.7 Å². The number of likely N-dealkylation sites (tertiary alicyclic amines) is 1. The van der Waals surface area contributed by atoms with Gasteiger partial charge in [0.1, 0.15) is 23.6 Å². The van der Waals surface area contributed by atoms with Gasteiger partial charge in [0.05, 0.1) is 18.7 Å². The number of amidine groups is 1. The zero-order valence-corrected chi connectivity index (χ0v) is 16.2. The van der Waals surface area contributed by atoms with Gasteiger partial charge in [0.15, 0.2) is 0 Å². The van der Waals surface area contributed by atoms with Crippen LogP contribution in [0.25, 0.3) is 0 Å². The summed E-state index contributed by atoms with van der Waals surface area (Å²) in [5, 5.41) is 0. The molecule has 7 heteroatoms. The zero-order valence-electron chi connectivity index (χ0n) is 16.2. The van der Waals surface area contributed by atoms with Gasteiger partial charge >= 0.3 is 0 Å². The third-order valence-electron chi connectivity index (χ3n) is 6.94. The van der Waals surface area contributed by atoms with E-state index in [-0.39, 0.29) is 17.6 Å². The van der Waals surface area contributed by atoms with Crippen molar-refractivity contribution in [3.8, 4) is 0 Å². The Morgan fingerprint density at radius 1 is 1.25 bits per heavy atom. The third kappa shape index (κ3) is 3.04. The van der Waals surface area contributed by atoms with Crippen molar-refractivity contribution in [1.29, 1.82) is 0 Å². The number of rotatable bonds is 2. The minimum absolute atomic E-state index is 0.203. The summed E-state index contributed by atoms with van der Waals surface area (Å²) >= 11 is 0. The van der Waals surface area contributed by atoms with Crippen molar-refractivity contribution in [1.82, 2.24) is 9.80 Å². The Morgan fingerprint density at radius 2 is 2.11 bits per heavy atom. The molecule has 1 aromatic carbocycles. The lowest BCUT2D eigenvalue weighted by molar-refractivity contribution is -0.0480. The molecule has 28 heavy (non-hydrogen) atoms. The summed E-state index contributed by atoms with van der Waals surface area (Å²) < 4.78 is 33.7. The molecule has 3 saturated heterocycles. The Hall–Kier alpha value is -1.57. The van der Waals surface area contributed by atoms with Gasteiger partial charge < -0.3 is 15.4 Å². The van der Waals surface area contributed by atoms with Crippen LogP contribution in [0.3, 0.4) is 0 Å². The molecule has 0 aromatic heterocycles. The molecule has 0 aliphatic carbocycles. The van der Waals surface area contributed by atoms with Crippen molar-refractivity contribution in [2.24, 2.45) is 16.6 Å². The molecule has 0 spiro atoms. The summed E-state index contributed by atoms with van der Waals surface area (Å²) in [5.41, 5.74) is 6.57. The van der Waals surface area contributed by atoms with Gasteiger partial charge in [0.25, 0.3) is 0 Å². The SMILES string of the molecule is CC1CCCN2C1=NC1CN(C3CO[C@H](c4cc(F)ccc4F)C(N)C3)CC12. The number of ether oxygens (including phenoxy) is 1. The first-order valence-electron chi connectivity index (χ1n) is 10.4. The average molecular weight is 390 g/mol. The molecule has 0 radical (unpaired) electrons. The maximum Gasteiger partial charge on any atom is 0.129 e. The van der Waals surface area contributed by atoms with Gasteiger partial charge in [-0.15, -0.1) is 0 Å². The van der Waals surface area contributed by atoms with Crippen LogP contribution in [0.4, 0.5) is 8.78 Å². The Labute approximate surface area is 164 Å². The lowest BCUT2D eigenvalue weighted by atomic mass is 9.93. The van der Waals surface area contributed by atoms with E-state index < -0.39 is 17.7 Å². The molecule has 5 rings (SSSR count). The number of nitrogens with two attached hydrogens (primary N) is 1. The van der Waals surface area contributed by atoms with Gasteiger partial charge in [-0.1, -0.05) is 6.92 Å². The molecule has 5 nitrogen and oxygen atoms in total. The summed E-state index contributed by atoms with van der Waals surface area (Å²) in [5.74, 6) is 0.948. The standard InChI is InChI=1S/C21H28F2N4O/c1-12-3-2-6-27-19-10-26(9-18(19)25-21(12)27)14-8-17(24)20(28-11-14)15-7-13(22)4-5-16(15)23/h4-5,7,12,14,17-20H,2-3,6,8-11,24H2,1H3/t12?,14?,17?,18?,19?,20-/m1/s1. The number of aliphatic imine (C=N–C) groups is 1. The Kier molecular flexibility index (Phi) is 4.64. The number of halogens is 2. The van der Waals surface area contributed by atoms with Crippen molar-refractivity contribution in [2.45, 2.75) is 56.5 Å². The fraction of sp³-hybridized carbons (Fsp3) is 0.667. The highest BCUT2D eigenvalue weighted by Crippen LogP contribution is 2.36. The van der Waals surface area contributed by atoms with E-state index in [1.807, 2.05) is 0 Å². The quantitative estimate of drug-likeness (QED) is 0.842. The van der Waals surface area contributed by atoms with Crippen LogP contribution in [-0.4, -0.2) is 66.0 Å². The van der Waals surface area contributed by atoms with Gasteiger partial charge in [-0.2, -0.15) is 0 Å². The molecule has 6 atom stereocenters. The summed E-state index contributed by atoms with van der Waals surface area (Å²) in [7, 11) is 0. The van der Waals surface area contributed by atoms with Crippen LogP contribution in [0.1, 0.15) is 37.9 Å². The maximum absolute atomic E-state index is 14.1. The predicted molar refractivity (Wildman–Crippen MR) is 103 cm³/mol. The fourth-order valence-corrected chi connectivity index (χ4v) is 5.48. The number of hydrogen-bond donors (Lipinski definition) is 1. The maximum atomic E-state index is 14.1. The number of piperidine rings is 1. The topological polar surface area (TPSA) is 54.1 Å². The number of hydrogen-bond acceptors (Lipinski definition) is 5. The van der Waals surface area contributed by atoms with Crippen molar-refractivity contribution < 1.29 is 13.5 Å². The van der Waals surface area contributed by atoms with Crippen molar-refractivity contribution in [3.05, 3.63) is 35.4 Å².